The summed E-state index contributed by atoms with van der Waals surface area (Å²) in [5.41, 5.74) is 6.70. The molecule has 0 radical (unpaired) electrons. The zero-order chi connectivity index (χ0) is 13.7. The highest BCUT2D eigenvalue weighted by atomic mass is 79.9. The van der Waals surface area contributed by atoms with Gasteiger partial charge in [-0.1, -0.05) is 15.9 Å². The van der Waals surface area contributed by atoms with Gasteiger partial charge in [0.05, 0.1) is 6.10 Å². The van der Waals surface area contributed by atoms with E-state index in [1.807, 2.05) is 18.2 Å². The third kappa shape index (κ3) is 4.96. The Morgan fingerprint density at radius 2 is 2.16 bits per heavy atom. The Morgan fingerprint density at radius 1 is 1.42 bits per heavy atom. The number of aliphatic hydroxyl groups excluding tert-OH is 1. The van der Waals surface area contributed by atoms with Crippen molar-refractivity contribution in [3.63, 3.8) is 0 Å². The number of nitrogens with two attached hydrogens (primary N) is 1. The van der Waals surface area contributed by atoms with Gasteiger partial charge in [0.25, 0.3) is 0 Å². The molecule has 1 atom stereocenters. The third-order valence-corrected chi connectivity index (χ3v) is 4.81. The van der Waals surface area contributed by atoms with Gasteiger partial charge in [-0.15, -0.1) is 11.8 Å². The molecule has 1 aromatic rings. The number of hydrogen-bond donors (Lipinski definition) is 3. The fourth-order valence-corrected chi connectivity index (χ4v) is 3.33. The van der Waals surface area contributed by atoms with Crippen LogP contribution in [0.2, 0.25) is 0 Å². The molecule has 106 valence electrons. The van der Waals surface area contributed by atoms with Crippen LogP contribution in [0.1, 0.15) is 0 Å². The van der Waals surface area contributed by atoms with Crippen LogP contribution in [0.5, 0.6) is 0 Å². The van der Waals surface area contributed by atoms with Crippen molar-refractivity contribution in [2.75, 3.05) is 44.2 Å². The summed E-state index contributed by atoms with van der Waals surface area (Å²) in [6.45, 7) is 4.80. The van der Waals surface area contributed by atoms with Gasteiger partial charge in [0.15, 0.2) is 0 Å². The topological polar surface area (TPSA) is 61.5 Å². The van der Waals surface area contributed by atoms with E-state index in [0.717, 1.165) is 47.8 Å². The van der Waals surface area contributed by atoms with Crippen LogP contribution in [0.4, 0.5) is 5.69 Å². The first-order valence-corrected chi connectivity index (χ1v) is 8.22. The van der Waals surface area contributed by atoms with Gasteiger partial charge < -0.3 is 16.2 Å². The van der Waals surface area contributed by atoms with E-state index in [-0.39, 0.29) is 6.10 Å². The molecule has 1 aliphatic heterocycles. The number of nitrogens with zero attached hydrogens (tertiary/aromatic N) is 1. The lowest BCUT2D eigenvalue weighted by Gasteiger charge is -2.29. The summed E-state index contributed by atoms with van der Waals surface area (Å²) < 4.78 is 0.982. The van der Waals surface area contributed by atoms with Gasteiger partial charge in [0.2, 0.25) is 0 Å². The molecule has 0 aliphatic carbocycles. The van der Waals surface area contributed by atoms with Crippen molar-refractivity contribution < 1.29 is 5.11 Å². The second kappa shape index (κ2) is 7.50. The van der Waals surface area contributed by atoms with Crippen LogP contribution in [0.15, 0.2) is 27.6 Å². The Bertz CT molecular complexity index is 413. The molecule has 0 saturated carbocycles. The number of rotatable bonds is 5. The smallest absolute Gasteiger partial charge is 0.0760 e. The summed E-state index contributed by atoms with van der Waals surface area (Å²) >= 11 is 5.01. The summed E-state index contributed by atoms with van der Waals surface area (Å²) in [6, 6.07) is 5.86. The first-order chi connectivity index (χ1) is 9.15. The number of aliphatic hydroxyl groups is 1. The summed E-state index contributed by atoms with van der Waals surface area (Å²) in [7, 11) is 0. The number of β-amino-alcohol motifs (C(OH)–C–C–N with tert-alkyl or cyclic N) is 1. The number of hydrogen-bond acceptors (Lipinski definition) is 5. The lowest BCUT2D eigenvalue weighted by atomic mass is 10.3. The minimum absolute atomic E-state index is 0.314. The highest BCUT2D eigenvalue weighted by Crippen LogP contribution is 2.28. The number of thioether (sulfide) groups is 1. The third-order valence-electron chi connectivity index (χ3n) is 3.08. The molecule has 1 aliphatic rings. The second-order valence-corrected chi connectivity index (χ2v) is 6.68. The van der Waals surface area contributed by atoms with Gasteiger partial charge in [0, 0.05) is 53.5 Å². The Balaban J connectivity index is 1.77. The van der Waals surface area contributed by atoms with Crippen molar-refractivity contribution in [1.82, 2.24) is 10.2 Å². The van der Waals surface area contributed by atoms with E-state index < -0.39 is 0 Å². The Labute approximate surface area is 126 Å². The fraction of sp³-hybridized carbons (Fsp3) is 0.538. The molecule has 1 aromatic carbocycles. The summed E-state index contributed by atoms with van der Waals surface area (Å²) in [5, 5.41) is 13.4. The fourth-order valence-electron chi connectivity index (χ4n) is 2.08. The SMILES string of the molecule is Nc1cc(Br)ccc1SCC(O)CN1CCNCC1. The zero-order valence-corrected chi connectivity index (χ0v) is 13.2. The molecule has 6 heteroatoms. The average Bonchev–Trinajstić information content (AvgIpc) is 2.39. The Hall–Kier alpha value is -0.270. The maximum absolute atomic E-state index is 10.1. The number of halogens is 1. The molecule has 1 saturated heterocycles. The Kier molecular flexibility index (Phi) is 5.97. The highest BCUT2D eigenvalue weighted by molar-refractivity contribution is 9.10. The van der Waals surface area contributed by atoms with Crippen LogP contribution < -0.4 is 11.1 Å². The summed E-state index contributed by atoms with van der Waals surface area (Å²) in [4.78, 5) is 3.33. The van der Waals surface area contributed by atoms with E-state index in [9.17, 15) is 5.11 Å². The molecule has 0 aromatic heterocycles. The monoisotopic (exact) mass is 345 g/mol. The van der Waals surface area contributed by atoms with Gasteiger partial charge in [0.1, 0.15) is 0 Å². The van der Waals surface area contributed by atoms with Crippen molar-refractivity contribution in [3.05, 3.63) is 22.7 Å². The molecule has 1 fully saturated rings. The van der Waals surface area contributed by atoms with E-state index in [4.69, 9.17) is 5.73 Å². The molecule has 0 bridgehead atoms. The molecule has 0 spiro atoms. The van der Waals surface area contributed by atoms with Crippen LogP contribution >= 0.6 is 27.7 Å². The predicted octanol–water partition coefficient (Wildman–Crippen LogP) is 1.39. The van der Waals surface area contributed by atoms with Gasteiger partial charge in [-0.2, -0.15) is 0 Å². The van der Waals surface area contributed by atoms with Gasteiger partial charge >= 0.3 is 0 Å². The normalized spacial score (nSPS) is 18.4. The molecule has 19 heavy (non-hydrogen) atoms. The van der Waals surface area contributed by atoms with Crippen molar-refractivity contribution in [2.45, 2.75) is 11.0 Å². The minimum Gasteiger partial charge on any atom is -0.398 e. The van der Waals surface area contributed by atoms with E-state index in [2.05, 4.69) is 26.1 Å². The molecule has 1 heterocycles. The number of benzene rings is 1. The maximum Gasteiger partial charge on any atom is 0.0760 e. The first-order valence-electron chi connectivity index (χ1n) is 6.44. The minimum atomic E-state index is -0.314. The van der Waals surface area contributed by atoms with E-state index >= 15 is 0 Å². The van der Waals surface area contributed by atoms with Crippen LogP contribution in [0.25, 0.3) is 0 Å². The number of nitrogens with one attached hydrogen (secondary N) is 1. The highest BCUT2D eigenvalue weighted by Gasteiger charge is 2.14. The van der Waals surface area contributed by atoms with Crippen molar-refractivity contribution >= 4 is 33.4 Å². The number of nitrogen functional groups attached to an aromatic ring is 1. The number of piperazine rings is 1. The lowest BCUT2D eigenvalue weighted by Crippen LogP contribution is -2.46. The molecular formula is C13H20BrN3OS. The summed E-state index contributed by atoms with van der Waals surface area (Å²) in [6.07, 6.45) is -0.314. The first kappa shape index (κ1) is 15.1. The average molecular weight is 346 g/mol. The quantitative estimate of drug-likeness (QED) is 0.556. The van der Waals surface area contributed by atoms with Gasteiger partial charge in [-0.25, -0.2) is 0 Å². The molecule has 0 amide bonds. The molecule has 4 nitrogen and oxygen atoms in total. The van der Waals surface area contributed by atoms with Crippen LogP contribution in [-0.4, -0.2) is 54.6 Å². The van der Waals surface area contributed by atoms with Crippen molar-refractivity contribution in [1.29, 1.82) is 0 Å². The van der Waals surface area contributed by atoms with Gasteiger partial charge in [-0.3, -0.25) is 4.90 Å². The van der Waals surface area contributed by atoms with E-state index in [0.29, 0.717) is 5.75 Å². The molecular weight excluding hydrogens is 326 g/mol. The van der Waals surface area contributed by atoms with Crippen molar-refractivity contribution in [2.24, 2.45) is 0 Å². The van der Waals surface area contributed by atoms with Crippen LogP contribution in [0, 0.1) is 0 Å². The maximum atomic E-state index is 10.1. The molecule has 2 rings (SSSR count). The zero-order valence-electron chi connectivity index (χ0n) is 10.8. The van der Waals surface area contributed by atoms with Crippen LogP contribution in [-0.2, 0) is 0 Å². The Morgan fingerprint density at radius 3 is 2.84 bits per heavy atom. The molecule has 4 N–H and O–H groups in total. The summed E-state index contributed by atoms with van der Waals surface area (Å²) in [5.74, 6) is 0.676. The van der Waals surface area contributed by atoms with E-state index in [1.165, 1.54) is 0 Å². The lowest BCUT2D eigenvalue weighted by molar-refractivity contribution is 0.121. The predicted molar refractivity (Wildman–Crippen MR) is 84.6 cm³/mol. The van der Waals surface area contributed by atoms with Gasteiger partial charge in [-0.05, 0) is 18.2 Å². The number of anilines is 1. The second-order valence-electron chi connectivity index (χ2n) is 4.70. The molecule has 1 unspecified atom stereocenters. The largest absolute Gasteiger partial charge is 0.398 e. The standard InChI is InChI=1S/C13H20BrN3OS/c14-10-1-2-13(12(15)7-10)19-9-11(18)8-17-5-3-16-4-6-17/h1-2,7,11,16,18H,3-6,8-9,15H2. The van der Waals surface area contributed by atoms with Crippen LogP contribution in [0.3, 0.4) is 0 Å². The van der Waals surface area contributed by atoms with Crippen molar-refractivity contribution in [3.8, 4) is 0 Å². The van der Waals surface area contributed by atoms with E-state index in [1.54, 1.807) is 11.8 Å².